The second kappa shape index (κ2) is 8.44. The number of benzene rings is 1. The first kappa shape index (κ1) is 19.8. The van der Waals surface area contributed by atoms with Crippen LogP contribution in [0.2, 0.25) is 0 Å². The molecular formula is C21H24N4O3S. The molecule has 1 fully saturated rings. The van der Waals surface area contributed by atoms with Gasteiger partial charge in [0.05, 0.1) is 25.1 Å². The minimum absolute atomic E-state index is 0.122. The lowest BCUT2D eigenvalue weighted by molar-refractivity contribution is -0.114. The molecule has 0 spiro atoms. The van der Waals surface area contributed by atoms with E-state index in [2.05, 4.69) is 24.1 Å². The van der Waals surface area contributed by atoms with Crippen molar-refractivity contribution in [3.63, 3.8) is 0 Å². The van der Waals surface area contributed by atoms with E-state index in [1.165, 1.54) is 11.8 Å². The number of carbonyl (C=O) groups excluding carboxylic acids is 1. The fourth-order valence-electron chi connectivity index (χ4n) is 3.31. The van der Waals surface area contributed by atoms with E-state index in [1.807, 2.05) is 18.2 Å². The van der Waals surface area contributed by atoms with Gasteiger partial charge in [0.15, 0.2) is 0 Å². The standard InChI is InChI=1S/C21H24N4O3S/c1-13-14(2)29-21-19(13)20(23-18(24-21)12-25-7-9-27-10-8-25)28-17-6-4-5-16(11-17)22-15(3)26/h4-6,11H,7-10,12H2,1-3H3,(H,22,26). The van der Waals surface area contributed by atoms with Crippen molar-refractivity contribution in [2.24, 2.45) is 0 Å². The van der Waals surface area contributed by atoms with Gasteiger partial charge in [0, 0.05) is 36.6 Å². The monoisotopic (exact) mass is 412 g/mol. The van der Waals surface area contributed by atoms with Crippen LogP contribution in [0.4, 0.5) is 5.69 Å². The molecule has 0 atom stereocenters. The maximum absolute atomic E-state index is 11.4. The molecule has 3 aromatic rings. The number of morpholine rings is 1. The largest absolute Gasteiger partial charge is 0.438 e. The predicted molar refractivity (Wildman–Crippen MR) is 114 cm³/mol. The van der Waals surface area contributed by atoms with Crippen molar-refractivity contribution in [1.82, 2.24) is 14.9 Å². The van der Waals surface area contributed by atoms with Crippen molar-refractivity contribution < 1.29 is 14.3 Å². The first-order valence-corrected chi connectivity index (χ1v) is 10.4. The summed E-state index contributed by atoms with van der Waals surface area (Å²) in [5, 5.41) is 3.73. The lowest BCUT2D eigenvalue weighted by Crippen LogP contribution is -2.36. The van der Waals surface area contributed by atoms with Gasteiger partial charge in [-0.3, -0.25) is 9.69 Å². The van der Waals surface area contributed by atoms with Crippen molar-refractivity contribution in [2.45, 2.75) is 27.3 Å². The van der Waals surface area contributed by atoms with Crippen LogP contribution in [0, 0.1) is 13.8 Å². The van der Waals surface area contributed by atoms with Gasteiger partial charge < -0.3 is 14.8 Å². The Morgan fingerprint density at radius 1 is 1.28 bits per heavy atom. The zero-order chi connectivity index (χ0) is 20.4. The summed E-state index contributed by atoms with van der Waals surface area (Å²) < 4.78 is 11.6. The Morgan fingerprint density at radius 3 is 2.83 bits per heavy atom. The highest BCUT2D eigenvalue weighted by Gasteiger charge is 2.19. The van der Waals surface area contributed by atoms with E-state index < -0.39 is 0 Å². The third-order valence-electron chi connectivity index (χ3n) is 4.88. The Kier molecular flexibility index (Phi) is 5.75. The summed E-state index contributed by atoms with van der Waals surface area (Å²) in [5.74, 6) is 1.80. The Morgan fingerprint density at radius 2 is 2.07 bits per heavy atom. The SMILES string of the molecule is CC(=O)Nc1cccc(Oc2nc(CN3CCOCC3)nc3sc(C)c(C)c23)c1. The summed E-state index contributed by atoms with van der Waals surface area (Å²) in [4.78, 5) is 25.3. The van der Waals surface area contributed by atoms with Crippen molar-refractivity contribution in [3.8, 4) is 11.6 Å². The second-order valence-corrected chi connectivity index (χ2v) is 8.31. The fourth-order valence-corrected chi connectivity index (χ4v) is 4.35. The van der Waals surface area contributed by atoms with E-state index >= 15 is 0 Å². The highest BCUT2D eigenvalue weighted by molar-refractivity contribution is 7.18. The molecule has 0 bridgehead atoms. The average molecular weight is 413 g/mol. The molecule has 3 heterocycles. The van der Waals surface area contributed by atoms with Gasteiger partial charge in [-0.2, -0.15) is 4.98 Å². The number of hydrogen-bond donors (Lipinski definition) is 1. The predicted octanol–water partition coefficient (Wildman–Crippen LogP) is 3.89. The topological polar surface area (TPSA) is 76.6 Å². The molecule has 7 nitrogen and oxygen atoms in total. The van der Waals surface area contributed by atoms with Crippen LogP contribution in [0.15, 0.2) is 24.3 Å². The Bertz CT molecular complexity index is 1040. The number of rotatable bonds is 5. The number of ether oxygens (including phenoxy) is 2. The van der Waals surface area contributed by atoms with Crippen LogP contribution >= 0.6 is 11.3 Å². The number of nitrogens with one attached hydrogen (secondary N) is 1. The van der Waals surface area contributed by atoms with Crippen LogP contribution in [0.1, 0.15) is 23.2 Å². The van der Waals surface area contributed by atoms with E-state index in [0.717, 1.165) is 47.9 Å². The average Bonchev–Trinajstić information content (AvgIpc) is 2.96. The number of nitrogens with zero attached hydrogens (tertiary/aromatic N) is 3. The summed E-state index contributed by atoms with van der Waals surface area (Å²) >= 11 is 1.66. The zero-order valence-corrected chi connectivity index (χ0v) is 17.6. The molecule has 4 rings (SSSR count). The summed E-state index contributed by atoms with van der Waals surface area (Å²) in [6.07, 6.45) is 0. The molecule has 0 saturated carbocycles. The molecule has 1 N–H and O–H groups in total. The minimum atomic E-state index is -0.122. The number of aromatic nitrogens is 2. The quantitative estimate of drug-likeness (QED) is 0.685. The molecule has 1 saturated heterocycles. The number of hydrogen-bond acceptors (Lipinski definition) is 7. The Labute approximate surface area is 173 Å². The van der Waals surface area contributed by atoms with E-state index in [-0.39, 0.29) is 5.91 Å². The Balaban J connectivity index is 1.68. The molecule has 1 aliphatic heterocycles. The van der Waals surface area contributed by atoms with Crippen LogP contribution in [0.3, 0.4) is 0 Å². The van der Waals surface area contributed by atoms with Gasteiger partial charge in [0.25, 0.3) is 0 Å². The number of fused-ring (bicyclic) bond motifs is 1. The number of thiophene rings is 1. The summed E-state index contributed by atoms with van der Waals surface area (Å²) in [7, 11) is 0. The number of aryl methyl sites for hydroxylation is 2. The van der Waals surface area contributed by atoms with Crippen LogP contribution < -0.4 is 10.1 Å². The van der Waals surface area contributed by atoms with Gasteiger partial charge in [-0.15, -0.1) is 11.3 Å². The fraction of sp³-hybridized carbons (Fsp3) is 0.381. The van der Waals surface area contributed by atoms with Crippen LogP contribution in [0.5, 0.6) is 11.6 Å². The number of anilines is 1. The van der Waals surface area contributed by atoms with E-state index in [0.29, 0.717) is 23.9 Å². The zero-order valence-electron chi connectivity index (χ0n) is 16.8. The van der Waals surface area contributed by atoms with Gasteiger partial charge in [-0.1, -0.05) is 6.07 Å². The van der Waals surface area contributed by atoms with Gasteiger partial charge >= 0.3 is 0 Å². The smallest absolute Gasteiger partial charge is 0.231 e. The Hall–Kier alpha value is -2.55. The van der Waals surface area contributed by atoms with E-state index in [4.69, 9.17) is 19.4 Å². The highest BCUT2D eigenvalue weighted by Crippen LogP contribution is 2.37. The molecule has 0 aliphatic carbocycles. The first-order chi connectivity index (χ1) is 14.0. The highest BCUT2D eigenvalue weighted by atomic mass is 32.1. The van der Waals surface area contributed by atoms with Crippen molar-refractivity contribution >= 4 is 33.1 Å². The van der Waals surface area contributed by atoms with Crippen molar-refractivity contribution in [1.29, 1.82) is 0 Å². The molecule has 2 aromatic heterocycles. The maximum atomic E-state index is 11.4. The molecule has 1 amide bonds. The second-order valence-electron chi connectivity index (χ2n) is 7.11. The van der Waals surface area contributed by atoms with Gasteiger partial charge in [-0.25, -0.2) is 4.98 Å². The summed E-state index contributed by atoms with van der Waals surface area (Å²) in [6, 6.07) is 7.33. The molecule has 0 unspecified atom stereocenters. The molecular weight excluding hydrogens is 388 g/mol. The third kappa shape index (κ3) is 4.55. The van der Waals surface area contributed by atoms with E-state index in [9.17, 15) is 4.79 Å². The maximum Gasteiger partial charge on any atom is 0.231 e. The van der Waals surface area contributed by atoms with Crippen LogP contribution in [-0.4, -0.2) is 47.1 Å². The molecule has 8 heteroatoms. The lowest BCUT2D eigenvalue weighted by atomic mass is 10.2. The van der Waals surface area contributed by atoms with Gasteiger partial charge in [-0.05, 0) is 31.5 Å². The normalized spacial score (nSPS) is 14.9. The van der Waals surface area contributed by atoms with Crippen molar-refractivity contribution in [2.75, 3.05) is 31.6 Å². The van der Waals surface area contributed by atoms with Gasteiger partial charge in [0.1, 0.15) is 16.4 Å². The third-order valence-corrected chi connectivity index (χ3v) is 5.98. The molecule has 1 aromatic carbocycles. The molecule has 29 heavy (non-hydrogen) atoms. The van der Waals surface area contributed by atoms with Crippen LogP contribution in [0.25, 0.3) is 10.2 Å². The van der Waals surface area contributed by atoms with E-state index in [1.54, 1.807) is 17.4 Å². The summed E-state index contributed by atoms with van der Waals surface area (Å²) in [5.41, 5.74) is 1.82. The van der Waals surface area contributed by atoms with Crippen LogP contribution in [-0.2, 0) is 16.1 Å². The molecule has 1 aliphatic rings. The van der Waals surface area contributed by atoms with Gasteiger partial charge in [0.2, 0.25) is 11.8 Å². The molecule has 0 radical (unpaired) electrons. The number of carbonyl (C=O) groups is 1. The molecule has 152 valence electrons. The lowest BCUT2D eigenvalue weighted by Gasteiger charge is -2.25. The van der Waals surface area contributed by atoms with Crippen molar-refractivity contribution in [3.05, 3.63) is 40.5 Å². The number of amides is 1. The summed E-state index contributed by atoms with van der Waals surface area (Å²) in [6.45, 7) is 9.52. The first-order valence-electron chi connectivity index (χ1n) is 9.62. The minimum Gasteiger partial charge on any atom is -0.438 e.